The minimum atomic E-state index is 0.550. The Hall–Kier alpha value is -2.10. The number of nitrogens with one attached hydrogen (secondary N) is 1. The average molecular weight is 324 g/mol. The molecule has 1 aliphatic rings. The molecule has 128 valence electrons. The lowest BCUT2D eigenvalue weighted by Crippen LogP contribution is -2.22. The Morgan fingerprint density at radius 3 is 2.46 bits per heavy atom. The molecule has 0 spiro atoms. The van der Waals surface area contributed by atoms with Gasteiger partial charge in [-0.25, -0.2) is 9.97 Å². The second-order valence-electron chi connectivity index (χ2n) is 6.83. The Morgan fingerprint density at radius 1 is 1.04 bits per heavy atom. The molecule has 0 atom stereocenters. The van der Waals surface area contributed by atoms with Gasteiger partial charge in [-0.3, -0.25) is 0 Å². The maximum atomic E-state index is 4.62. The van der Waals surface area contributed by atoms with Gasteiger partial charge in [0.25, 0.3) is 0 Å². The van der Waals surface area contributed by atoms with E-state index < -0.39 is 0 Å². The maximum absolute atomic E-state index is 4.62. The topological polar surface area (TPSA) is 41.1 Å². The van der Waals surface area contributed by atoms with Gasteiger partial charge in [0.05, 0.1) is 0 Å². The van der Waals surface area contributed by atoms with Crippen molar-refractivity contribution in [1.29, 1.82) is 0 Å². The number of anilines is 2. The molecule has 1 fully saturated rings. The van der Waals surface area contributed by atoms with Crippen molar-refractivity contribution >= 4 is 11.6 Å². The first-order chi connectivity index (χ1) is 11.7. The Labute approximate surface area is 145 Å². The van der Waals surface area contributed by atoms with Gasteiger partial charge in [-0.1, -0.05) is 56.0 Å². The summed E-state index contributed by atoms with van der Waals surface area (Å²) in [6.07, 6.45) is 7.87. The molecule has 3 rings (SSSR count). The van der Waals surface area contributed by atoms with E-state index in [1.54, 1.807) is 0 Å². The van der Waals surface area contributed by atoms with E-state index in [1.165, 1.54) is 44.1 Å². The van der Waals surface area contributed by atoms with Crippen LogP contribution in [0.3, 0.4) is 0 Å². The first kappa shape index (κ1) is 16.7. The van der Waals surface area contributed by atoms with Crippen molar-refractivity contribution in [2.45, 2.75) is 58.0 Å². The highest BCUT2D eigenvalue weighted by molar-refractivity contribution is 5.49. The molecule has 1 saturated carbocycles. The molecule has 0 saturated heterocycles. The maximum Gasteiger partial charge on any atom is 0.134 e. The summed E-state index contributed by atoms with van der Waals surface area (Å²) in [4.78, 5) is 11.4. The van der Waals surface area contributed by atoms with Crippen molar-refractivity contribution in [3.8, 4) is 0 Å². The van der Waals surface area contributed by atoms with Gasteiger partial charge in [0.2, 0.25) is 0 Å². The van der Waals surface area contributed by atoms with Gasteiger partial charge in [0.1, 0.15) is 17.5 Å². The van der Waals surface area contributed by atoms with E-state index in [2.05, 4.69) is 57.6 Å². The largest absolute Gasteiger partial charge is 0.367 e. The number of rotatable bonds is 5. The summed E-state index contributed by atoms with van der Waals surface area (Å²) in [5, 5.41) is 3.64. The van der Waals surface area contributed by atoms with Crippen LogP contribution < -0.4 is 10.2 Å². The highest BCUT2D eigenvalue weighted by atomic mass is 15.2. The standard InChI is InChI=1S/C20H28N4/c1-16-21-19(23-18-12-8-3-4-9-13-18)14-20(22-16)24(2)15-17-10-6-5-7-11-17/h5-7,10-11,14,18H,3-4,8-9,12-13,15H2,1-2H3,(H,21,22,23). The lowest BCUT2D eigenvalue weighted by Gasteiger charge is -2.21. The van der Waals surface area contributed by atoms with Gasteiger partial charge in [-0.05, 0) is 25.3 Å². The zero-order valence-corrected chi connectivity index (χ0v) is 14.8. The molecule has 2 aromatic rings. The number of hydrogen-bond acceptors (Lipinski definition) is 4. The summed E-state index contributed by atoms with van der Waals surface area (Å²) in [5.74, 6) is 2.76. The normalized spacial score (nSPS) is 15.8. The fourth-order valence-electron chi connectivity index (χ4n) is 3.39. The Bertz CT molecular complexity index is 633. The third-order valence-electron chi connectivity index (χ3n) is 4.69. The molecule has 0 aliphatic heterocycles. The van der Waals surface area contributed by atoms with Crippen LogP contribution in [0.1, 0.15) is 49.9 Å². The van der Waals surface area contributed by atoms with Gasteiger partial charge in [-0.15, -0.1) is 0 Å². The first-order valence-electron chi connectivity index (χ1n) is 9.08. The van der Waals surface area contributed by atoms with Crippen LogP contribution in [0.25, 0.3) is 0 Å². The molecule has 0 amide bonds. The first-order valence-corrected chi connectivity index (χ1v) is 9.08. The quantitative estimate of drug-likeness (QED) is 0.819. The Kier molecular flexibility index (Phi) is 5.68. The van der Waals surface area contributed by atoms with Gasteiger partial charge < -0.3 is 10.2 Å². The second-order valence-corrected chi connectivity index (χ2v) is 6.83. The second kappa shape index (κ2) is 8.13. The summed E-state index contributed by atoms with van der Waals surface area (Å²) in [6.45, 7) is 2.82. The van der Waals surface area contributed by atoms with Crippen LogP contribution in [0.5, 0.6) is 0 Å². The molecule has 1 N–H and O–H groups in total. The predicted molar refractivity (Wildman–Crippen MR) is 100 cm³/mol. The average Bonchev–Trinajstić information content (AvgIpc) is 2.84. The molecule has 0 bridgehead atoms. The van der Waals surface area contributed by atoms with Crippen LogP contribution in [-0.4, -0.2) is 23.1 Å². The highest BCUT2D eigenvalue weighted by Crippen LogP contribution is 2.22. The Balaban J connectivity index is 1.70. The number of hydrogen-bond donors (Lipinski definition) is 1. The molecule has 4 nitrogen and oxygen atoms in total. The predicted octanol–water partition coefficient (Wildman–Crippen LogP) is 4.56. The molecule has 24 heavy (non-hydrogen) atoms. The van der Waals surface area contributed by atoms with Crippen LogP contribution in [0, 0.1) is 6.92 Å². The van der Waals surface area contributed by atoms with E-state index in [0.717, 1.165) is 24.0 Å². The summed E-state index contributed by atoms with van der Waals surface area (Å²) in [5.41, 5.74) is 1.29. The molecule has 1 aliphatic carbocycles. The summed E-state index contributed by atoms with van der Waals surface area (Å²) < 4.78 is 0. The Morgan fingerprint density at radius 2 is 1.75 bits per heavy atom. The van der Waals surface area contributed by atoms with Crippen LogP contribution in [0.15, 0.2) is 36.4 Å². The lowest BCUT2D eigenvalue weighted by molar-refractivity contribution is 0.617. The zero-order chi connectivity index (χ0) is 16.8. The van der Waals surface area contributed by atoms with Gasteiger partial charge in [0.15, 0.2) is 0 Å². The lowest BCUT2D eigenvalue weighted by atomic mass is 10.1. The smallest absolute Gasteiger partial charge is 0.134 e. The van der Waals surface area contributed by atoms with Crippen LogP contribution >= 0.6 is 0 Å². The monoisotopic (exact) mass is 324 g/mol. The molecular weight excluding hydrogens is 296 g/mol. The van der Waals surface area contributed by atoms with E-state index >= 15 is 0 Å². The SMILES string of the molecule is Cc1nc(NC2CCCCCC2)cc(N(C)Cc2ccccc2)n1. The van der Waals surface area contributed by atoms with Gasteiger partial charge in [-0.2, -0.15) is 0 Å². The van der Waals surface area contributed by atoms with E-state index in [0.29, 0.717) is 6.04 Å². The molecular formula is C20H28N4. The fourth-order valence-corrected chi connectivity index (χ4v) is 3.39. The van der Waals surface area contributed by atoms with E-state index in [1.807, 2.05) is 13.0 Å². The van der Waals surface area contributed by atoms with Crippen molar-refractivity contribution < 1.29 is 0 Å². The van der Waals surface area contributed by atoms with Gasteiger partial charge >= 0.3 is 0 Å². The number of benzene rings is 1. The summed E-state index contributed by atoms with van der Waals surface area (Å²) >= 11 is 0. The third kappa shape index (κ3) is 4.70. The number of aryl methyl sites for hydroxylation is 1. The van der Waals surface area contributed by atoms with E-state index in [9.17, 15) is 0 Å². The summed E-state index contributed by atoms with van der Waals surface area (Å²) in [6, 6.07) is 13.1. The van der Waals surface area contributed by atoms with Crippen LogP contribution in [-0.2, 0) is 6.54 Å². The number of aromatic nitrogens is 2. The number of nitrogens with zero attached hydrogens (tertiary/aromatic N) is 3. The van der Waals surface area contributed by atoms with Crippen molar-refractivity contribution in [3.05, 3.63) is 47.8 Å². The molecule has 1 aromatic heterocycles. The minimum absolute atomic E-state index is 0.550. The molecule has 4 heteroatoms. The molecule has 0 unspecified atom stereocenters. The summed E-state index contributed by atoms with van der Waals surface area (Å²) in [7, 11) is 2.09. The van der Waals surface area contributed by atoms with Crippen molar-refractivity contribution in [1.82, 2.24) is 9.97 Å². The fraction of sp³-hybridized carbons (Fsp3) is 0.500. The molecule has 0 radical (unpaired) electrons. The van der Waals surface area contributed by atoms with E-state index in [4.69, 9.17) is 0 Å². The van der Waals surface area contributed by atoms with Crippen molar-refractivity contribution in [3.63, 3.8) is 0 Å². The van der Waals surface area contributed by atoms with Crippen molar-refractivity contribution in [2.75, 3.05) is 17.3 Å². The van der Waals surface area contributed by atoms with E-state index in [-0.39, 0.29) is 0 Å². The highest BCUT2D eigenvalue weighted by Gasteiger charge is 2.14. The molecule has 1 aromatic carbocycles. The molecule has 1 heterocycles. The third-order valence-corrected chi connectivity index (χ3v) is 4.69. The zero-order valence-electron chi connectivity index (χ0n) is 14.8. The minimum Gasteiger partial charge on any atom is -0.367 e. The van der Waals surface area contributed by atoms with Crippen molar-refractivity contribution in [2.24, 2.45) is 0 Å². The van der Waals surface area contributed by atoms with Gasteiger partial charge in [0, 0.05) is 25.7 Å². The van der Waals surface area contributed by atoms with Crippen LogP contribution in [0.4, 0.5) is 11.6 Å². The van der Waals surface area contributed by atoms with Crippen LogP contribution in [0.2, 0.25) is 0 Å².